The van der Waals surface area contributed by atoms with E-state index in [0.29, 0.717) is 24.9 Å². The number of sulfone groups is 1. The van der Waals surface area contributed by atoms with Gasteiger partial charge in [-0.1, -0.05) is 12.8 Å². The van der Waals surface area contributed by atoms with Gasteiger partial charge in [-0.25, -0.2) is 8.42 Å². The fourth-order valence-corrected chi connectivity index (χ4v) is 6.69. The average molecular weight is 385 g/mol. The number of hydrogen-bond donors (Lipinski definition) is 0. The van der Waals surface area contributed by atoms with E-state index in [0.717, 1.165) is 51.9 Å². The van der Waals surface area contributed by atoms with Gasteiger partial charge in [0.05, 0.1) is 24.7 Å². The average Bonchev–Trinajstić information content (AvgIpc) is 2.98. The molecule has 26 heavy (non-hydrogen) atoms. The molecule has 4 rings (SSSR count). The number of amides is 1. The van der Waals surface area contributed by atoms with E-state index in [1.165, 1.54) is 12.8 Å². The highest BCUT2D eigenvalue weighted by Gasteiger charge is 2.41. The van der Waals surface area contributed by atoms with E-state index in [9.17, 15) is 13.2 Å². The summed E-state index contributed by atoms with van der Waals surface area (Å²) in [6.45, 7) is 3.04. The zero-order chi connectivity index (χ0) is 18.1. The molecule has 0 spiro atoms. The Morgan fingerprint density at radius 3 is 2.31 bits per heavy atom. The molecule has 0 aromatic carbocycles. The summed E-state index contributed by atoms with van der Waals surface area (Å²) in [4.78, 5) is 17.7. The van der Waals surface area contributed by atoms with Crippen molar-refractivity contribution >= 4 is 15.7 Å². The van der Waals surface area contributed by atoms with Crippen molar-refractivity contribution in [3.63, 3.8) is 0 Å². The molecule has 2 unspecified atom stereocenters. The van der Waals surface area contributed by atoms with Gasteiger partial charge in [0.25, 0.3) is 0 Å². The fourth-order valence-electron chi connectivity index (χ4n) is 4.98. The maximum Gasteiger partial charge on any atom is 0.237 e. The Hall–Kier alpha value is -0.660. The molecule has 0 aromatic rings. The van der Waals surface area contributed by atoms with Crippen LogP contribution in [0.3, 0.4) is 0 Å². The first-order valence-electron chi connectivity index (χ1n) is 10.4. The van der Waals surface area contributed by atoms with E-state index in [1.54, 1.807) is 0 Å². The molecule has 0 bridgehead atoms. The molecule has 2 saturated heterocycles. The molecule has 7 heteroatoms. The number of carbonyl (C=O) groups excluding carboxylic acids is 1. The predicted molar refractivity (Wildman–Crippen MR) is 99.7 cm³/mol. The van der Waals surface area contributed by atoms with Crippen molar-refractivity contribution in [2.24, 2.45) is 5.92 Å². The van der Waals surface area contributed by atoms with Gasteiger partial charge in [0, 0.05) is 31.3 Å². The first-order valence-corrected chi connectivity index (χ1v) is 12.2. The molecule has 6 nitrogen and oxygen atoms in total. The second-order valence-electron chi connectivity index (χ2n) is 8.69. The molecule has 0 aromatic heterocycles. The summed E-state index contributed by atoms with van der Waals surface area (Å²) in [5.74, 6) is 1.09. The maximum atomic E-state index is 13.3. The first kappa shape index (κ1) is 18.7. The molecule has 2 heterocycles. The van der Waals surface area contributed by atoms with E-state index in [1.807, 2.05) is 4.90 Å². The topological polar surface area (TPSA) is 66.9 Å². The maximum absolute atomic E-state index is 13.3. The Balaban J connectivity index is 1.44. The highest BCUT2D eigenvalue weighted by molar-refractivity contribution is 7.91. The van der Waals surface area contributed by atoms with Gasteiger partial charge in [-0.05, 0) is 44.4 Å². The second kappa shape index (κ2) is 7.76. The van der Waals surface area contributed by atoms with Crippen LogP contribution in [0.15, 0.2) is 0 Å². The molecular formula is C19H32N2O4S. The van der Waals surface area contributed by atoms with Crippen molar-refractivity contribution in [2.75, 3.05) is 37.8 Å². The highest BCUT2D eigenvalue weighted by atomic mass is 32.2. The first-order chi connectivity index (χ1) is 12.5. The lowest BCUT2D eigenvalue weighted by Gasteiger charge is -2.36. The monoisotopic (exact) mass is 384 g/mol. The molecule has 148 valence electrons. The van der Waals surface area contributed by atoms with Crippen molar-refractivity contribution < 1.29 is 17.9 Å². The van der Waals surface area contributed by atoms with Crippen LogP contribution in [0.25, 0.3) is 0 Å². The van der Waals surface area contributed by atoms with Crippen LogP contribution in [0, 0.1) is 5.92 Å². The molecule has 0 N–H and O–H groups in total. The van der Waals surface area contributed by atoms with E-state index in [-0.39, 0.29) is 29.5 Å². The van der Waals surface area contributed by atoms with Crippen molar-refractivity contribution in [1.82, 2.24) is 9.80 Å². The Morgan fingerprint density at radius 1 is 0.962 bits per heavy atom. The summed E-state index contributed by atoms with van der Waals surface area (Å²) in [5, 5.41) is 0. The number of carbonyl (C=O) groups is 1. The molecule has 2 atom stereocenters. The minimum atomic E-state index is -2.98. The molecule has 2 saturated carbocycles. The van der Waals surface area contributed by atoms with Gasteiger partial charge in [0.2, 0.25) is 5.91 Å². The lowest BCUT2D eigenvalue weighted by Crippen LogP contribution is -2.51. The third kappa shape index (κ3) is 4.42. The summed E-state index contributed by atoms with van der Waals surface area (Å²) in [6, 6.07) is 0.681. The van der Waals surface area contributed by atoms with Gasteiger partial charge in [-0.3, -0.25) is 9.69 Å². The Labute approximate surface area is 157 Å². The van der Waals surface area contributed by atoms with Crippen molar-refractivity contribution in [3.8, 4) is 0 Å². The number of rotatable bonds is 7. The zero-order valence-electron chi connectivity index (χ0n) is 15.6. The number of nitrogens with zero attached hydrogens (tertiary/aromatic N) is 2. The normalized spacial score (nSPS) is 31.7. The second-order valence-corrected chi connectivity index (χ2v) is 10.9. The third-order valence-electron chi connectivity index (χ3n) is 6.53. The lowest BCUT2D eigenvalue weighted by atomic mass is 10.1. The standard InChI is InChI=1S/C19H32N2O4S/c22-19(12-20(16-5-6-16)11-15-7-9-25-13-15)21(17-3-1-2-4-17)18-8-10-26(23,24)14-18/h15-18H,1-14H2. The third-order valence-corrected chi connectivity index (χ3v) is 8.28. The van der Waals surface area contributed by atoms with Crippen molar-refractivity contribution in [2.45, 2.75) is 69.5 Å². The highest BCUT2D eigenvalue weighted by Crippen LogP contribution is 2.32. The molecule has 2 aliphatic heterocycles. The van der Waals surface area contributed by atoms with Crippen molar-refractivity contribution in [1.29, 1.82) is 0 Å². The van der Waals surface area contributed by atoms with E-state index in [2.05, 4.69) is 4.90 Å². The lowest BCUT2D eigenvalue weighted by molar-refractivity contribution is -0.137. The van der Waals surface area contributed by atoms with Crippen LogP contribution in [-0.4, -0.2) is 80.1 Å². The molecular weight excluding hydrogens is 352 g/mol. The van der Waals surface area contributed by atoms with Crippen LogP contribution in [-0.2, 0) is 19.4 Å². The van der Waals surface area contributed by atoms with Crippen LogP contribution in [0.2, 0.25) is 0 Å². The van der Waals surface area contributed by atoms with E-state index in [4.69, 9.17) is 4.74 Å². The van der Waals surface area contributed by atoms with Gasteiger partial charge in [0.15, 0.2) is 9.84 Å². The van der Waals surface area contributed by atoms with Crippen LogP contribution >= 0.6 is 0 Å². The Bertz CT molecular complexity index is 607. The summed E-state index contributed by atoms with van der Waals surface area (Å²) in [6.07, 6.45) is 8.43. The number of ether oxygens (including phenoxy) is 1. The SMILES string of the molecule is O=C(CN(CC1CCOC1)C1CC1)N(C1CCCC1)C1CCS(=O)(=O)C1. The van der Waals surface area contributed by atoms with Gasteiger partial charge >= 0.3 is 0 Å². The smallest absolute Gasteiger partial charge is 0.237 e. The summed E-state index contributed by atoms with van der Waals surface area (Å²) < 4.78 is 29.5. The quantitative estimate of drug-likeness (QED) is 0.665. The van der Waals surface area contributed by atoms with E-state index >= 15 is 0 Å². The predicted octanol–water partition coefficient (Wildman–Crippen LogP) is 1.45. The van der Waals surface area contributed by atoms with Gasteiger partial charge in [-0.2, -0.15) is 0 Å². The largest absolute Gasteiger partial charge is 0.381 e. The Kier molecular flexibility index (Phi) is 5.58. The fraction of sp³-hybridized carbons (Fsp3) is 0.947. The molecule has 2 aliphatic carbocycles. The summed E-state index contributed by atoms with van der Waals surface area (Å²) >= 11 is 0. The molecule has 4 fully saturated rings. The van der Waals surface area contributed by atoms with Crippen molar-refractivity contribution in [3.05, 3.63) is 0 Å². The minimum Gasteiger partial charge on any atom is -0.381 e. The minimum absolute atomic E-state index is 0.105. The molecule has 0 radical (unpaired) electrons. The van der Waals surface area contributed by atoms with Gasteiger partial charge < -0.3 is 9.64 Å². The Morgan fingerprint density at radius 2 is 1.73 bits per heavy atom. The zero-order valence-corrected chi connectivity index (χ0v) is 16.5. The van der Waals surface area contributed by atoms with Gasteiger partial charge in [-0.15, -0.1) is 0 Å². The summed E-state index contributed by atoms with van der Waals surface area (Å²) in [7, 11) is -2.98. The van der Waals surface area contributed by atoms with Crippen LogP contribution < -0.4 is 0 Å². The molecule has 4 aliphatic rings. The van der Waals surface area contributed by atoms with Crippen LogP contribution in [0.5, 0.6) is 0 Å². The van der Waals surface area contributed by atoms with Gasteiger partial charge in [0.1, 0.15) is 0 Å². The molecule has 1 amide bonds. The van der Waals surface area contributed by atoms with E-state index < -0.39 is 9.84 Å². The van der Waals surface area contributed by atoms with Crippen LogP contribution in [0.4, 0.5) is 0 Å². The summed E-state index contributed by atoms with van der Waals surface area (Å²) in [5.41, 5.74) is 0. The van der Waals surface area contributed by atoms with Crippen LogP contribution in [0.1, 0.15) is 51.4 Å². The number of hydrogen-bond acceptors (Lipinski definition) is 5.